The van der Waals surface area contributed by atoms with Crippen molar-refractivity contribution in [2.75, 3.05) is 35.5 Å². The Bertz CT molecular complexity index is 2040. The maximum atomic E-state index is 12.8. The normalized spacial score (nSPS) is 10.6. The summed E-state index contributed by atoms with van der Waals surface area (Å²) >= 11 is 0. The third-order valence-electron chi connectivity index (χ3n) is 6.88. The summed E-state index contributed by atoms with van der Waals surface area (Å²) in [7, 11) is 7.53. The van der Waals surface area contributed by atoms with Crippen LogP contribution in [-0.2, 0) is 0 Å². The van der Waals surface area contributed by atoms with Crippen molar-refractivity contribution in [2.24, 2.45) is 0 Å². The summed E-state index contributed by atoms with van der Waals surface area (Å²) in [6.45, 7) is 0. The van der Waals surface area contributed by atoms with Gasteiger partial charge in [0.15, 0.2) is 33.9 Å². The van der Waals surface area contributed by atoms with E-state index in [4.69, 9.17) is 32.5 Å². The predicted molar refractivity (Wildman–Crippen MR) is 169 cm³/mol. The molecule has 44 heavy (non-hydrogen) atoms. The Kier molecular flexibility index (Phi) is 8.85. The van der Waals surface area contributed by atoms with Gasteiger partial charge in [0.2, 0.25) is 5.75 Å². The van der Waals surface area contributed by atoms with Crippen LogP contribution in [0, 0.1) is 0 Å². The minimum Gasteiger partial charge on any atom is -0.493 e. The van der Waals surface area contributed by atoms with Crippen LogP contribution in [0.4, 0.5) is 0 Å². The van der Waals surface area contributed by atoms with Gasteiger partial charge in [0.25, 0.3) is 0 Å². The van der Waals surface area contributed by atoms with E-state index in [0.29, 0.717) is 56.6 Å². The van der Waals surface area contributed by atoms with E-state index in [1.807, 2.05) is 48.5 Å². The summed E-state index contributed by atoms with van der Waals surface area (Å²) in [4.78, 5) is 24.7. The monoisotopic (exact) mass is 594 g/mol. The van der Waals surface area contributed by atoms with Gasteiger partial charge >= 0.3 is 0 Å². The standard InChI is InChI=1S/C20H20O7.C15H10O2/c1-22-13-7-6-11(8-15(13)23-2)14-9-12(21)18-16(27-14)10-17(24-3)19(25-4)20(18)26-5;16-13-10-15(11-6-2-1-3-7-11)17-14-9-5-4-8-12(13)14/h6-10H,1-5H3;1-10H. The first kappa shape index (κ1) is 29.8. The molecule has 2 aromatic heterocycles. The molecule has 9 heteroatoms. The number of benzene rings is 4. The molecular weight excluding hydrogens is 564 g/mol. The Morgan fingerprint density at radius 3 is 1.77 bits per heavy atom. The van der Waals surface area contributed by atoms with Crippen LogP contribution in [0.25, 0.3) is 44.6 Å². The fourth-order valence-electron chi connectivity index (χ4n) is 4.77. The summed E-state index contributed by atoms with van der Waals surface area (Å²) in [5.74, 6) is 3.09. The van der Waals surface area contributed by atoms with Crippen molar-refractivity contribution >= 4 is 21.9 Å². The maximum absolute atomic E-state index is 12.8. The van der Waals surface area contributed by atoms with Crippen LogP contribution in [0.15, 0.2) is 109 Å². The molecule has 0 aliphatic heterocycles. The fraction of sp³-hybridized carbons (Fsp3) is 0.143. The van der Waals surface area contributed by atoms with Crippen molar-refractivity contribution in [1.82, 2.24) is 0 Å². The topological polar surface area (TPSA) is 107 Å². The first-order chi connectivity index (χ1) is 21.4. The van der Waals surface area contributed by atoms with Gasteiger partial charge in [-0.1, -0.05) is 42.5 Å². The van der Waals surface area contributed by atoms with Crippen molar-refractivity contribution in [3.8, 4) is 51.4 Å². The molecule has 0 radical (unpaired) electrons. The van der Waals surface area contributed by atoms with Crippen LogP contribution in [-0.4, -0.2) is 35.5 Å². The highest BCUT2D eigenvalue weighted by molar-refractivity contribution is 5.90. The van der Waals surface area contributed by atoms with Crippen LogP contribution < -0.4 is 34.5 Å². The number of methoxy groups -OCH3 is 5. The second-order valence-electron chi connectivity index (χ2n) is 9.40. The van der Waals surface area contributed by atoms with Crippen LogP contribution in [0.3, 0.4) is 0 Å². The molecule has 0 unspecified atom stereocenters. The Balaban J connectivity index is 0.000000193. The molecule has 0 saturated carbocycles. The lowest BCUT2D eigenvalue weighted by Gasteiger charge is -2.14. The van der Waals surface area contributed by atoms with E-state index in [1.165, 1.54) is 33.5 Å². The molecule has 0 N–H and O–H groups in total. The van der Waals surface area contributed by atoms with E-state index < -0.39 is 0 Å². The summed E-state index contributed by atoms with van der Waals surface area (Å²) in [6, 6.07) is 26.7. The smallest absolute Gasteiger partial charge is 0.204 e. The van der Waals surface area contributed by atoms with E-state index in [0.717, 1.165) is 5.56 Å². The Morgan fingerprint density at radius 1 is 0.477 bits per heavy atom. The zero-order valence-corrected chi connectivity index (χ0v) is 24.8. The number of ether oxygens (including phenoxy) is 5. The molecule has 224 valence electrons. The van der Waals surface area contributed by atoms with E-state index in [1.54, 1.807) is 44.6 Å². The first-order valence-electron chi connectivity index (χ1n) is 13.5. The molecular formula is C35H30O9. The molecule has 0 saturated heterocycles. The van der Waals surface area contributed by atoms with Gasteiger partial charge in [0.05, 0.1) is 40.9 Å². The molecule has 6 aromatic rings. The molecule has 0 spiro atoms. The van der Waals surface area contributed by atoms with Gasteiger partial charge in [-0.3, -0.25) is 9.59 Å². The average molecular weight is 595 g/mol. The molecule has 4 aromatic carbocycles. The number of hydrogen-bond donors (Lipinski definition) is 0. The van der Waals surface area contributed by atoms with Crippen LogP contribution in [0.1, 0.15) is 0 Å². The summed E-state index contributed by atoms with van der Waals surface area (Å²) < 4.78 is 38.3. The number of fused-ring (bicyclic) bond motifs is 2. The van der Waals surface area contributed by atoms with Crippen LogP contribution >= 0.6 is 0 Å². The lowest BCUT2D eigenvalue weighted by molar-refractivity contribution is 0.326. The van der Waals surface area contributed by atoms with Gasteiger partial charge in [0.1, 0.15) is 28.1 Å². The first-order valence-corrected chi connectivity index (χ1v) is 13.5. The highest BCUT2D eigenvalue weighted by Crippen LogP contribution is 2.43. The molecule has 0 aliphatic carbocycles. The second kappa shape index (κ2) is 13.1. The molecule has 0 bridgehead atoms. The molecule has 0 amide bonds. The largest absolute Gasteiger partial charge is 0.493 e. The molecule has 0 aliphatic rings. The second-order valence-corrected chi connectivity index (χ2v) is 9.40. The maximum Gasteiger partial charge on any atom is 0.204 e. The zero-order valence-electron chi connectivity index (χ0n) is 24.8. The minimum atomic E-state index is -0.265. The third kappa shape index (κ3) is 5.80. The minimum absolute atomic E-state index is 0.00861. The zero-order chi connectivity index (χ0) is 31.2. The fourth-order valence-corrected chi connectivity index (χ4v) is 4.77. The van der Waals surface area contributed by atoms with E-state index >= 15 is 0 Å². The van der Waals surface area contributed by atoms with Crippen molar-refractivity contribution in [1.29, 1.82) is 0 Å². The quantitative estimate of drug-likeness (QED) is 0.194. The average Bonchev–Trinajstić information content (AvgIpc) is 3.07. The van der Waals surface area contributed by atoms with Gasteiger partial charge in [-0.2, -0.15) is 0 Å². The van der Waals surface area contributed by atoms with Crippen molar-refractivity contribution in [3.63, 3.8) is 0 Å². The van der Waals surface area contributed by atoms with Crippen molar-refractivity contribution < 1.29 is 32.5 Å². The lowest BCUT2D eigenvalue weighted by atomic mass is 10.1. The lowest BCUT2D eigenvalue weighted by Crippen LogP contribution is -2.05. The van der Waals surface area contributed by atoms with Gasteiger partial charge in [-0.05, 0) is 30.3 Å². The van der Waals surface area contributed by atoms with Gasteiger partial charge < -0.3 is 32.5 Å². The molecule has 2 heterocycles. The van der Waals surface area contributed by atoms with E-state index in [-0.39, 0.29) is 22.0 Å². The molecule has 6 rings (SSSR count). The number of rotatable bonds is 7. The molecule has 9 nitrogen and oxygen atoms in total. The third-order valence-corrected chi connectivity index (χ3v) is 6.88. The Labute approximate surface area is 252 Å². The highest BCUT2D eigenvalue weighted by atomic mass is 16.5. The van der Waals surface area contributed by atoms with Crippen molar-refractivity contribution in [3.05, 3.63) is 111 Å². The van der Waals surface area contributed by atoms with E-state index in [9.17, 15) is 9.59 Å². The van der Waals surface area contributed by atoms with Crippen molar-refractivity contribution in [2.45, 2.75) is 0 Å². The van der Waals surface area contributed by atoms with Crippen LogP contribution in [0.2, 0.25) is 0 Å². The Morgan fingerprint density at radius 2 is 1.09 bits per heavy atom. The number of hydrogen-bond acceptors (Lipinski definition) is 9. The summed E-state index contributed by atoms with van der Waals surface area (Å²) in [6.07, 6.45) is 0. The van der Waals surface area contributed by atoms with Gasteiger partial charge in [-0.25, -0.2) is 0 Å². The van der Waals surface area contributed by atoms with Gasteiger partial charge in [-0.15, -0.1) is 0 Å². The highest BCUT2D eigenvalue weighted by Gasteiger charge is 2.21. The Hall–Kier alpha value is -5.70. The molecule has 0 atom stereocenters. The van der Waals surface area contributed by atoms with Gasteiger partial charge in [0, 0.05) is 29.3 Å². The van der Waals surface area contributed by atoms with E-state index in [2.05, 4.69) is 0 Å². The molecule has 0 fully saturated rings. The SMILES string of the molecule is COc1ccc(-c2cc(=O)c3c(OC)c(OC)c(OC)cc3o2)cc1OC.O=c1cc(-c2ccccc2)oc2ccccc12. The predicted octanol–water partition coefficient (Wildman–Crippen LogP) is 6.96. The number of para-hydroxylation sites is 1. The summed E-state index contributed by atoms with van der Waals surface area (Å²) in [5, 5.41) is 0.895. The van der Waals surface area contributed by atoms with Crippen LogP contribution in [0.5, 0.6) is 28.7 Å². The summed E-state index contributed by atoms with van der Waals surface area (Å²) in [5.41, 5.74) is 2.25.